The summed E-state index contributed by atoms with van der Waals surface area (Å²) in [5.41, 5.74) is 0.102. The molecule has 2 rings (SSSR count). The molecule has 1 aromatic rings. The minimum absolute atomic E-state index is 0.0128. The van der Waals surface area contributed by atoms with Gasteiger partial charge >= 0.3 is 0 Å². The van der Waals surface area contributed by atoms with Gasteiger partial charge in [0.1, 0.15) is 4.90 Å². The maximum Gasteiger partial charge on any atom is 0.252 e. The lowest BCUT2D eigenvalue weighted by atomic mass is 10.1. The molecular formula is C18H27Cl2N3O3S. The first kappa shape index (κ1) is 22.4. The molecule has 0 saturated carbocycles. The molecule has 9 heteroatoms. The zero-order chi connectivity index (χ0) is 20.0. The Kier molecular flexibility index (Phi) is 8.37. The second-order valence-corrected chi connectivity index (χ2v) is 9.72. The molecule has 0 aliphatic carbocycles. The number of benzene rings is 1. The molecule has 27 heavy (non-hydrogen) atoms. The molecule has 0 aromatic heterocycles. The number of nitrogens with one attached hydrogen (secondary N) is 2. The van der Waals surface area contributed by atoms with Crippen LogP contribution in [0.5, 0.6) is 0 Å². The van der Waals surface area contributed by atoms with Crippen LogP contribution < -0.4 is 10.0 Å². The zero-order valence-electron chi connectivity index (χ0n) is 15.7. The molecule has 1 saturated heterocycles. The molecule has 1 aliphatic rings. The Balaban J connectivity index is 2.08. The Morgan fingerprint density at radius 2 is 1.81 bits per heavy atom. The van der Waals surface area contributed by atoms with Gasteiger partial charge in [-0.3, -0.25) is 4.79 Å². The maximum absolute atomic E-state index is 12.5. The summed E-state index contributed by atoms with van der Waals surface area (Å²) in [6.45, 7) is 7.39. The average Bonchev–Trinajstić information content (AvgIpc) is 2.60. The fourth-order valence-corrected chi connectivity index (χ4v) is 4.94. The van der Waals surface area contributed by atoms with E-state index >= 15 is 0 Å². The lowest BCUT2D eigenvalue weighted by molar-refractivity contribution is 0.0946. The third-order valence-electron chi connectivity index (χ3n) is 4.40. The molecule has 1 amide bonds. The number of nitrogens with zero attached hydrogens (tertiary/aromatic N) is 1. The largest absolute Gasteiger partial charge is 0.351 e. The fourth-order valence-electron chi connectivity index (χ4n) is 2.87. The smallest absolute Gasteiger partial charge is 0.252 e. The molecule has 152 valence electrons. The highest BCUT2D eigenvalue weighted by molar-refractivity contribution is 7.89. The van der Waals surface area contributed by atoms with Crippen LogP contribution in [-0.4, -0.2) is 51.9 Å². The molecule has 1 fully saturated rings. The number of likely N-dealkylation sites (tertiary alicyclic amines) is 1. The summed E-state index contributed by atoms with van der Waals surface area (Å²) in [4.78, 5) is 14.7. The van der Waals surface area contributed by atoms with Crippen molar-refractivity contribution in [1.82, 2.24) is 14.9 Å². The number of piperidine rings is 1. The van der Waals surface area contributed by atoms with Crippen molar-refractivity contribution in [3.8, 4) is 0 Å². The van der Waals surface area contributed by atoms with Gasteiger partial charge in [-0.05, 0) is 44.0 Å². The van der Waals surface area contributed by atoms with Crippen LogP contribution in [0.3, 0.4) is 0 Å². The second-order valence-electron chi connectivity index (χ2n) is 7.17. The highest BCUT2D eigenvalue weighted by Crippen LogP contribution is 2.28. The summed E-state index contributed by atoms with van der Waals surface area (Å²) in [5, 5.41) is 2.92. The first-order chi connectivity index (χ1) is 12.7. The fraction of sp³-hybridized carbons (Fsp3) is 0.611. The van der Waals surface area contributed by atoms with Crippen molar-refractivity contribution in [3.05, 3.63) is 27.7 Å². The van der Waals surface area contributed by atoms with Crippen LogP contribution in [0.1, 0.15) is 43.5 Å². The molecular weight excluding hydrogens is 409 g/mol. The SMILES string of the molecule is CC(C)CNS(=O)(=O)c1cc(C(=O)NCCN2CCCCC2)c(Cl)cc1Cl. The van der Waals surface area contributed by atoms with E-state index in [0.717, 1.165) is 19.6 Å². The molecule has 2 N–H and O–H groups in total. The number of hydrogen-bond acceptors (Lipinski definition) is 4. The summed E-state index contributed by atoms with van der Waals surface area (Å²) in [7, 11) is -3.83. The lowest BCUT2D eigenvalue weighted by Crippen LogP contribution is -2.37. The highest BCUT2D eigenvalue weighted by atomic mass is 35.5. The summed E-state index contributed by atoms with van der Waals surface area (Å²) in [6, 6.07) is 2.54. The average molecular weight is 436 g/mol. The Morgan fingerprint density at radius 1 is 1.15 bits per heavy atom. The van der Waals surface area contributed by atoms with E-state index in [4.69, 9.17) is 23.2 Å². The Morgan fingerprint density at radius 3 is 2.44 bits per heavy atom. The Bertz CT molecular complexity index is 763. The molecule has 1 heterocycles. The van der Waals surface area contributed by atoms with Gasteiger partial charge in [0, 0.05) is 19.6 Å². The highest BCUT2D eigenvalue weighted by Gasteiger charge is 2.23. The van der Waals surface area contributed by atoms with Crippen molar-refractivity contribution in [2.75, 3.05) is 32.7 Å². The monoisotopic (exact) mass is 435 g/mol. The first-order valence-electron chi connectivity index (χ1n) is 9.20. The molecule has 0 spiro atoms. The van der Waals surface area contributed by atoms with Gasteiger partial charge in [0.2, 0.25) is 10.0 Å². The predicted octanol–water partition coefficient (Wildman–Crippen LogP) is 3.14. The molecule has 0 atom stereocenters. The van der Waals surface area contributed by atoms with E-state index in [1.807, 2.05) is 13.8 Å². The summed E-state index contributed by atoms with van der Waals surface area (Å²) < 4.78 is 27.5. The van der Waals surface area contributed by atoms with E-state index in [1.54, 1.807) is 0 Å². The van der Waals surface area contributed by atoms with Crippen LogP contribution in [0.25, 0.3) is 0 Å². The normalized spacial score (nSPS) is 15.9. The van der Waals surface area contributed by atoms with Gasteiger partial charge in [-0.15, -0.1) is 0 Å². The third-order valence-corrected chi connectivity index (χ3v) is 6.60. The van der Waals surface area contributed by atoms with E-state index in [1.165, 1.54) is 31.4 Å². The standard InChI is InChI=1S/C18H27Cl2N3O3S/c1-13(2)12-22-27(25,26)17-10-14(15(19)11-16(17)20)18(24)21-6-9-23-7-4-3-5-8-23/h10-11,13,22H,3-9,12H2,1-2H3,(H,21,24). The predicted molar refractivity (Wildman–Crippen MR) is 109 cm³/mol. The molecule has 0 radical (unpaired) electrons. The van der Waals surface area contributed by atoms with E-state index in [9.17, 15) is 13.2 Å². The topological polar surface area (TPSA) is 78.5 Å². The van der Waals surface area contributed by atoms with Crippen molar-refractivity contribution < 1.29 is 13.2 Å². The van der Waals surface area contributed by atoms with Gasteiger partial charge < -0.3 is 10.2 Å². The lowest BCUT2D eigenvalue weighted by Gasteiger charge is -2.26. The zero-order valence-corrected chi connectivity index (χ0v) is 18.1. The minimum Gasteiger partial charge on any atom is -0.351 e. The molecule has 6 nitrogen and oxygen atoms in total. The number of amides is 1. The Labute approximate surface area is 171 Å². The van der Waals surface area contributed by atoms with Gasteiger partial charge in [-0.2, -0.15) is 0 Å². The van der Waals surface area contributed by atoms with Crippen molar-refractivity contribution in [3.63, 3.8) is 0 Å². The Hall–Kier alpha value is -0.860. The van der Waals surface area contributed by atoms with Gasteiger partial charge in [0.05, 0.1) is 15.6 Å². The third kappa shape index (κ3) is 6.61. The van der Waals surface area contributed by atoms with Crippen LogP contribution in [0, 0.1) is 5.92 Å². The van der Waals surface area contributed by atoms with E-state index in [0.29, 0.717) is 6.54 Å². The summed E-state index contributed by atoms with van der Waals surface area (Å²) in [6.07, 6.45) is 3.62. The van der Waals surface area contributed by atoms with Gasteiger partial charge in [-0.1, -0.05) is 43.5 Å². The molecule has 1 aromatic carbocycles. The molecule has 1 aliphatic heterocycles. The van der Waals surface area contributed by atoms with Crippen molar-refractivity contribution >= 4 is 39.1 Å². The number of sulfonamides is 1. The number of carbonyl (C=O) groups is 1. The van der Waals surface area contributed by atoms with Gasteiger partial charge in [0.15, 0.2) is 0 Å². The molecule has 0 bridgehead atoms. The number of halogens is 2. The van der Waals surface area contributed by atoms with Crippen LogP contribution in [0.2, 0.25) is 10.0 Å². The van der Waals surface area contributed by atoms with Crippen LogP contribution in [0.15, 0.2) is 17.0 Å². The van der Waals surface area contributed by atoms with Crippen LogP contribution in [0.4, 0.5) is 0 Å². The van der Waals surface area contributed by atoms with Crippen LogP contribution >= 0.6 is 23.2 Å². The van der Waals surface area contributed by atoms with Crippen molar-refractivity contribution in [2.45, 2.75) is 38.0 Å². The van der Waals surface area contributed by atoms with Crippen molar-refractivity contribution in [1.29, 1.82) is 0 Å². The second kappa shape index (κ2) is 10.1. The van der Waals surface area contributed by atoms with Gasteiger partial charge in [0.25, 0.3) is 5.91 Å². The summed E-state index contributed by atoms with van der Waals surface area (Å²) >= 11 is 12.2. The maximum atomic E-state index is 12.5. The quantitative estimate of drug-likeness (QED) is 0.657. The summed E-state index contributed by atoms with van der Waals surface area (Å²) in [5.74, 6) is -0.266. The number of rotatable bonds is 8. The van der Waals surface area contributed by atoms with Crippen LogP contribution in [-0.2, 0) is 10.0 Å². The first-order valence-corrected chi connectivity index (χ1v) is 11.4. The van der Waals surface area contributed by atoms with Gasteiger partial charge in [-0.25, -0.2) is 13.1 Å². The van der Waals surface area contributed by atoms with E-state index in [2.05, 4.69) is 14.9 Å². The van der Waals surface area contributed by atoms with E-state index < -0.39 is 15.9 Å². The van der Waals surface area contributed by atoms with Crippen molar-refractivity contribution in [2.24, 2.45) is 5.92 Å². The molecule has 0 unspecified atom stereocenters. The number of carbonyl (C=O) groups excluding carboxylic acids is 1. The minimum atomic E-state index is -3.83. The van der Waals surface area contributed by atoms with E-state index in [-0.39, 0.29) is 33.0 Å². The number of hydrogen-bond donors (Lipinski definition) is 2.